The van der Waals surface area contributed by atoms with Crippen molar-refractivity contribution >= 4 is 17.7 Å². The quantitative estimate of drug-likeness (QED) is 0.554. The molecule has 0 saturated carbocycles. The maximum Gasteiger partial charge on any atom is 0.310 e. The normalized spacial score (nSPS) is 9.93. The highest BCUT2D eigenvalue weighted by Gasteiger charge is 2.12. The number of hydrogen-bond donors (Lipinski definition) is 3. The van der Waals surface area contributed by atoms with E-state index in [4.69, 9.17) is 11.5 Å². The second-order valence-corrected chi connectivity index (χ2v) is 2.80. The van der Waals surface area contributed by atoms with Gasteiger partial charge in [0, 0.05) is 0 Å². The number of aromatic amines is 1. The molecule has 0 saturated heterocycles. The molecule has 0 bridgehead atoms. The summed E-state index contributed by atoms with van der Waals surface area (Å²) in [5, 5.41) is 0. The van der Waals surface area contributed by atoms with Gasteiger partial charge in [0.05, 0.1) is 18.6 Å². The summed E-state index contributed by atoms with van der Waals surface area (Å²) >= 11 is 0. The van der Waals surface area contributed by atoms with Crippen LogP contribution in [-0.4, -0.2) is 22.5 Å². The zero-order valence-electron chi connectivity index (χ0n) is 8.24. The van der Waals surface area contributed by atoms with Gasteiger partial charge >= 0.3 is 5.97 Å². The Hall–Kier alpha value is -2.05. The van der Waals surface area contributed by atoms with Crippen molar-refractivity contribution in [3.05, 3.63) is 15.9 Å². The Labute approximate surface area is 85.4 Å². The third-order valence-electron chi connectivity index (χ3n) is 1.69. The zero-order chi connectivity index (χ0) is 11.4. The number of esters is 1. The summed E-state index contributed by atoms with van der Waals surface area (Å²) in [6.45, 7) is 1.92. The molecular formula is C8H12N4O3. The Balaban J connectivity index is 2.95. The fourth-order valence-electron chi connectivity index (χ4n) is 1.06. The summed E-state index contributed by atoms with van der Waals surface area (Å²) in [7, 11) is 0. The van der Waals surface area contributed by atoms with Crippen molar-refractivity contribution in [1.29, 1.82) is 0 Å². The van der Waals surface area contributed by atoms with E-state index in [-0.39, 0.29) is 30.4 Å². The van der Waals surface area contributed by atoms with Gasteiger partial charge in [0.1, 0.15) is 5.82 Å². The van der Waals surface area contributed by atoms with E-state index < -0.39 is 11.5 Å². The van der Waals surface area contributed by atoms with E-state index in [2.05, 4.69) is 14.7 Å². The molecule has 1 aromatic heterocycles. The number of H-pyrrole nitrogens is 1. The average Bonchev–Trinajstić information content (AvgIpc) is 2.11. The van der Waals surface area contributed by atoms with Gasteiger partial charge in [-0.05, 0) is 6.92 Å². The molecular weight excluding hydrogens is 200 g/mol. The molecule has 0 fully saturated rings. The summed E-state index contributed by atoms with van der Waals surface area (Å²) in [5.41, 5.74) is 10.3. The summed E-state index contributed by atoms with van der Waals surface area (Å²) in [6.07, 6.45) is -0.206. The van der Waals surface area contributed by atoms with Gasteiger partial charge in [-0.15, -0.1) is 0 Å². The average molecular weight is 212 g/mol. The SMILES string of the molecule is CCOC(=O)Cc1c(N)nc(N)[nH]c1=O. The van der Waals surface area contributed by atoms with Crippen molar-refractivity contribution in [3.63, 3.8) is 0 Å². The number of nitrogens with two attached hydrogens (primary N) is 2. The van der Waals surface area contributed by atoms with Crippen LogP contribution in [0.5, 0.6) is 0 Å². The Kier molecular flexibility index (Phi) is 3.27. The van der Waals surface area contributed by atoms with Crippen LogP contribution in [0, 0.1) is 0 Å². The lowest BCUT2D eigenvalue weighted by atomic mass is 10.2. The summed E-state index contributed by atoms with van der Waals surface area (Å²) in [5.74, 6) is -0.657. The predicted molar refractivity (Wildman–Crippen MR) is 54.0 cm³/mol. The minimum atomic E-state index is -0.527. The molecule has 0 unspecified atom stereocenters. The molecule has 0 amide bonds. The molecule has 0 radical (unpaired) electrons. The second kappa shape index (κ2) is 4.45. The van der Waals surface area contributed by atoms with Crippen LogP contribution in [0.4, 0.5) is 11.8 Å². The molecule has 0 aliphatic rings. The highest BCUT2D eigenvalue weighted by molar-refractivity contribution is 5.74. The third-order valence-corrected chi connectivity index (χ3v) is 1.69. The number of aromatic nitrogens is 2. The Morgan fingerprint density at radius 3 is 2.73 bits per heavy atom. The first-order chi connectivity index (χ1) is 7.04. The fourth-order valence-corrected chi connectivity index (χ4v) is 1.06. The minimum absolute atomic E-state index is 0.0516. The van der Waals surface area contributed by atoms with E-state index in [1.54, 1.807) is 6.92 Å². The van der Waals surface area contributed by atoms with Crippen molar-refractivity contribution in [1.82, 2.24) is 9.97 Å². The standard InChI is InChI=1S/C8H12N4O3/c1-2-15-5(13)3-4-6(9)11-8(10)12-7(4)14/h2-3H2,1H3,(H5,9,10,11,12,14). The van der Waals surface area contributed by atoms with Gasteiger partial charge in [-0.3, -0.25) is 14.6 Å². The number of rotatable bonds is 3. The maximum absolute atomic E-state index is 11.3. The maximum atomic E-state index is 11.3. The van der Waals surface area contributed by atoms with Gasteiger partial charge in [0.15, 0.2) is 0 Å². The topological polar surface area (TPSA) is 124 Å². The molecule has 1 aromatic rings. The first-order valence-electron chi connectivity index (χ1n) is 4.34. The lowest BCUT2D eigenvalue weighted by molar-refractivity contribution is -0.142. The fraction of sp³-hybridized carbons (Fsp3) is 0.375. The van der Waals surface area contributed by atoms with Crippen molar-refractivity contribution in [3.8, 4) is 0 Å². The number of nitrogen functional groups attached to an aromatic ring is 2. The smallest absolute Gasteiger partial charge is 0.310 e. The van der Waals surface area contributed by atoms with Crippen LogP contribution in [0.25, 0.3) is 0 Å². The lowest BCUT2D eigenvalue weighted by Gasteiger charge is -2.04. The number of ether oxygens (including phenoxy) is 1. The zero-order valence-corrected chi connectivity index (χ0v) is 8.24. The van der Waals surface area contributed by atoms with Crippen molar-refractivity contribution in [2.24, 2.45) is 0 Å². The Bertz CT molecular complexity index is 426. The summed E-state index contributed by atoms with van der Waals surface area (Å²) < 4.78 is 4.68. The molecule has 7 heteroatoms. The molecule has 1 rings (SSSR count). The largest absolute Gasteiger partial charge is 0.466 e. The third kappa shape index (κ3) is 2.70. The predicted octanol–water partition coefficient (Wildman–Crippen LogP) is -0.960. The molecule has 1 heterocycles. The van der Waals surface area contributed by atoms with E-state index >= 15 is 0 Å². The monoisotopic (exact) mass is 212 g/mol. The molecule has 0 aliphatic carbocycles. The number of nitrogens with one attached hydrogen (secondary N) is 1. The number of carbonyl (C=O) groups is 1. The highest BCUT2D eigenvalue weighted by Crippen LogP contribution is 2.04. The molecule has 5 N–H and O–H groups in total. The second-order valence-electron chi connectivity index (χ2n) is 2.80. The van der Waals surface area contributed by atoms with Gasteiger partial charge in [-0.25, -0.2) is 0 Å². The first-order valence-corrected chi connectivity index (χ1v) is 4.34. The molecule has 0 atom stereocenters. The van der Waals surface area contributed by atoms with Gasteiger partial charge in [0.2, 0.25) is 5.95 Å². The Morgan fingerprint density at radius 1 is 1.53 bits per heavy atom. The van der Waals surface area contributed by atoms with Gasteiger partial charge in [-0.2, -0.15) is 4.98 Å². The van der Waals surface area contributed by atoms with Gasteiger partial charge < -0.3 is 16.2 Å². The molecule has 82 valence electrons. The molecule has 0 spiro atoms. The van der Waals surface area contributed by atoms with Crippen LogP contribution in [-0.2, 0) is 16.0 Å². The van der Waals surface area contributed by atoms with E-state index in [1.807, 2.05) is 0 Å². The Morgan fingerprint density at radius 2 is 2.20 bits per heavy atom. The molecule has 15 heavy (non-hydrogen) atoms. The van der Waals surface area contributed by atoms with Crippen LogP contribution in [0.3, 0.4) is 0 Å². The molecule has 0 aliphatic heterocycles. The van der Waals surface area contributed by atoms with Crippen LogP contribution >= 0.6 is 0 Å². The number of nitrogens with zero attached hydrogens (tertiary/aromatic N) is 1. The van der Waals surface area contributed by atoms with Crippen LogP contribution in [0.2, 0.25) is 0 Å². The minimum Gasteiger partial charge on any atom is -0.466 e. The van der Waals surface area contributed by atoms with Gasteiger partial charge in [-0.1, -0.05) is 0 Å². The first kappa shape index (κ1) is 11.0. The highest BCUT2D eigenvalue weighted by atomic mass is 16.5. The van der Waals surface area contributed by atoms with E-state index in [9.17, 15) is 9.59 Å². The number of carbonyl (C=O) groups excluding carboxylic acids is 1. The summed E-state index contributed by atoms with van der Waals surface area (Å²) in [6, 6.07) is 0. The number of anilines is 2. The molecule has 7 nitrogen and oxygen atoms in total. The van der Waals surface area contributed by atoms with Crippen LogP contribution in [0.1, 0.15) is 12.5 Å². The van der Waals surface area contributed by atoms with Crippen LogP contribution in [0.15, 0.2) is 4.79 Å². The van der Waals surface area contributed by atoms with E-state index in [0.717, 1.165) is 0 Å². The van der Waals surface area contributed by atoms with Gasteiger partial charge in [0.25, 0.3) is 5.56 Å². The van der Waals surface area contributed by atoms with Crippen molar-refractivity contribution in [2.75, 3.05) is 18.1 Å². The van der Waals surface area contributed by atoms with E-state index in [0.29, 0.717) is 0 Å². The van der Waals surface area contributed by atoms with Crippen molar-refractivity contribution < 1.29 is 9.53 Å². The summed E-state index contributed by atoms with van der Waals surface area (Å²) in [4.78, 5) is 28.3. The number of hydrogen-bond acceptors (Lipinski definition) is 6. The lowest BCUT2D eigenvalue weighted by Crippen LogP contribution is -2.22. The van der Waals surface area contributed by atoms with Crippen molar-refractivity contribution in [2.45, 2.75) is 13.3 Å². The van der Waals surface area contributed by atoms with Crippen LogP contribution < -0.4 is 17.0 Å². The van der Waals surface area contributed by atoms with E-state index in [1.165, 1.54) is 0 Å². The molecule has 0 aromatic carbocycles.